The van der Waals surface area contributed by atoms with Crippen molar-refractivity contribution in [3.63, 3.8) is 0 Å². The molecular formula is C23H21N7O2. The summed E-state index contributed by atoms with van der Waals surface area (Å²) in [6, 6.07) is 15.3. The predicted molar refractivity (Wildman–Crippen MR) is 123 cm³/mol. The molecule has 0 radical (unpaired) electrons. The van der Waals surface area contributed by atoms with Gasteiger partial charge in [-0.2, -0.15) is 5.26 Å². The van der Waals surface area contributed by atoms with E-state index < -0.39 is 0 Å². The molecule has 0 unspecified atom stereocenters. The highest BCUT2D eigenvalue weighted by molar-refractivity contribution is 6.16. The van der Waals surface area contributed by atoms with Gasteiger partial charge in [0.15, 0.2) is 0 Å². The van der Waals surface area contributed by atoms with Crippen LogP contribution >= 0.6 is 0 Å². The molecule has 0 saturated carbocycles. The number of benzene rings is 2. The Morgan fingerprint density at radius 1 is 1.28 bits per heavy atom. The fourth-order valence-corrected chi connectivity index (χ4v) is 3.08. The highest BCUT2D eigenvalue weighted by Gasteiger charge is 2.18. The summed E-state index contributed by atoms with van der Waals surface area (Å²) in [5, 5.41) is 30.6. The maximum absolute atomic E-state index is 12.3. The third-order valence-corrected chi connectivity index (χ3v) is 4.67. The lowest BCUT2D eigenvalue weighted by Gasteiger charge is -2.22. The van der Waals surface area contributed by atoms with Gasteiger partial charge in [-0.25, -0.2) is 9.97 Å². The van der Waals surface area contributed by atoms with Crippen LogP contribution in [0.25, 0.3) is 0 Å². The minimum Gasteiger partial charge on any atom is -0.507 e. The van der Waals surface area contributed by atoms with Gasteiger partial charge in [-0.05, 0) is 36.4 Å². The van der Waals surface area contributed by atoms with Crippen molar-refractivity contribution in [3.8, 4) is 11.8 Å². The van der Waals surface area contributed by atoms with Crippen LogP contribution in [0.3, 0.4) is 0 Å². The Hall–Kier alpha value is -4.71. The fourth-order valence-electron chi connectivity index (χ4n) is 3.08. The van der Waals surface area contributed by atoms with Crippen LogP contribution in [0, 0.1) is 16.7 Å². The average molecular weight is 427 g/mol. The predicted octanol–water partition coefficient (Wildman–Crippen LogP) is 2.68. The number of carbonyl (C=O) groups excluding carboxylic acids is 1. The molecule has 1 heterocycles. The van der Waals surface area contributed by atoms with Gasteiger partial charge in [0, 0.05) is 24.3 Å². The first-order valence-electron chi connectivity index (χ1n) is 9.62. The molecule has 0 aliphatic heterocycles. The third-order valence-electron chi connectivity index (χ3n) is 4.67. The van der Waals surface area contributed by atoms with Gasteiger partial charge in [-0.15, -0.1) is 0 Å². The number of nitrogen functional groups attached to an aromatic ring is 1. The molecule has 0 atom stereocenters. The lowest BCUT2D eigenvalue weighted by Crippen LogP contribution is -2.34. The maximum atomic E-state index is 12.3. The summed E-state index contributed by atoms with van der Waals surface area (Å²) in [6.07, 6.45) is 2.52. The minimum atomic E-state index is -0.249. The second kappa shape index (κ2) is 9.86. The first-order valence-corrected chi connectivity index (χ1v) is 9.62. The van der Waals surface area contributed by atoms with E-state index in [9.17, 15) is 9.90 Å². The Balaban J connectivity index is 1.83. The van der Waals surface area contributed by atoms with Crippen LogP contribution in [-0.2, 0) is 4.79 Å². The van der Waals surface area contributed by atoms with Crippen LogP contribution in [-0.4, -0.2) is 39.8 Å². The molecule has 9 nitrogen and oxygen atoms in total. The number of hydrogen-bond acceptors (Lipinski definition) is 8. The number of rotatable bonds is 8. The topological polar surface area (TPSA) is 152 Å². The van der Waals surface area contributed by atoms with E-state index in [4.69, 9.17) is 16.4 Å². The SMILES string of the molecule is C=CC(=O)N(CCNc1ncnc(N)c1C(=N)c1ccc(O)c(C#N)c1)c1ccccc1. The number of nitrogens with two attached hydrogens (primary N) is 1. The molecule has 32 heavy (non-hydrogen) atoms. The standard InChI is InChI=1S/C23H21N7O2/c1-2-19(32)30(17-6-4-3-5-7-17)11-10-27-23-20(22(26)28-14-29-23)21(25)15-8-9-18(31)16(12-15)13-24/h2-9,12,14,25,31H,1,10-11H2,(H3,26,27,28,29). The number of nitrogens with zero attached hydrogens (tertiary/aromatic N) is 4. The molecule has 2 aromatic carbocycles. The van der Waals surface area contributed by atoms with Gasteiger partial charge < -0.3 is 21.1 Å². The summed E-state index contributed by atoms with van der Waals surface area (Å²) in [4.78, 5) is 22.0. The van der Waals surface area contributed by atoms with E-state index in [1.165, 1.54) is 30.6 Å². The second-order valence-electron chi connectivity index (χ2n) is 6.66. The van der Waals surface area contributed by atoms with E-state index in [0.717, 1.165) is 5.69 Å². The summed E-state index contributed by atoms with van der Waals surface area (Å²) in [5.41, 5.74) is 7.41. The van der Waals surface area contributed by atoms with Crippen LogP contribution < -0.4 is 16.0 Å². The van der Waals surface area contributed by atoms with Gasteiger partial charge in [0.05, 0.1) is 16.8 Å². The van der Waals surface area contributed by atoms with E-state index in [1.54, 1.807) is 4.90 Å². The monoisotopic (exact) mass is 427 g/mol. The molecule has 0 saturated heterocycles. The average Bonchev–Trinajstić information content (AvgIpc) is 2.82. The van der Waals surface area contributed by atoms with Crippen LogP contribution in [0.2, 0.25) is 0 Å². The molecule has 3 aromatic rings. The summed E-state index contributed by atoms with van der Waals surface area (Å²) >= 11 is 0. The largest absolute Gasteiger partial charge is 0.507 e. The Morgan fingerprint density at radius 3 is 2.72 bits per heavy atom. The fraction of sp³-hybridized carbons (Fsp3) is 0.0870. The van der Waals surface area contributed by atoms with E-state index in [2.05, 4.69) is 21.9 Å². The summed E-state index contributed by atoms with van der Waals surface area (Å²) < 4.78 is 0. The zero-order valence-corrected chi connectivity index (χ0v) is 17.1. The number of carbonyl (C=O) groups is 1. The number of phenols is 1. The Labute approximate surface area is 185 Å². The second-order valence-corrected chi connectivity index (χ2v) is 6.66. The van der Waals surface area contributed by atoms with Crippen LogP contribution in [0.5, 0.6) is 5.75 Å². The molecule has 5 N–H and O–H groups in total. The molecule has 0 aliphatic carbocycles. The molecule has 0 spiro atoms. The number of hydrogen-bond donors (Lipinski definition) is 4. The van der Waals surface area contributed by atoms with Crippen molar-refractivity contribution in [2.24, 2.45) is 0 Å². The summed E-state index contributed by atoms with van der Waals surface area (Å²) in [7, 11) is 0. The first-order chi connectivity index (χ1) is 15.5. The number of amides is 1. The lowest BCUT2D eigenvalue weighted by atomic mass is 10.0. The number of phenolic OH excluding ortho intramolecular Hbond substituents is 1. The van der Waals surface area contributed by atoms with Crippen molar-refractivity contribution in [2.45, 2.75) is 0 Å². The summed E-state index contributed by atoms with van der Waals surface area (Å²) in [6.45, 7) is 4.18. The number of nitrogens with one attached hydrogen (secondary N) is 2. The molecule has 1 aromatic heterocycles. The van der Waals surface area contributed by atoms with Crippen molar-refractivity contribution in [1.82, 2.24) is 9.97 Å². The third kappa shape index (κ3) is 4.71. The smallest absolute Gasteiger partial charge is 0.250 e. The zero-order valence-electron chi connectivity index (χ0n) is 17.1. The van der Waals surface area contributed by atoms with E-state index in [0.29, 0.717) is 24.5 Å². The van der Waals surface area contributed by atoms with E-state index in [-0.39, 0.29) is 34.3 Å². The van der Waals surface area contributed by atoms with E-state index in [1.807, 2.05) is 36.4 Å². The number of nitriles is 1. The van der Waals surface area contributed by atoms with Crippen LogP contribution in [0.1, 0.15) is 16.7 Å². The molecule has 1 amide bonds. The number of anilines is 3. The molecule has 0 aliphatic rings. The van der Waals surface area contributed by atoms with Crippen molar-refractivity contribution in [2.75, 3.05) is 29.0 Å². The van der Waals surface area contributed by atoms with Crippen molar-refractivity contribution in [1.29, 1.82) is 10.7 Å². The molecular weight excluding hydrogens is 406 g/mol. The number of para-hydroxylation sites is 1. The van der Waals surface area contributed by atoms with Gasteiger partial charge in [-0.1, -0.05) is 24.8 Å². The molecule has 9 heteroatoms. The van der Waals surface area contributed by atoms with Gasteiger partial charge >= 0.3 is 0 Å². The van der Waals surface area contributed by atoms with Crippen molar-refractivity contribution >= 4 is 28.9 Å². The van der Waals surface area contributed by atoms with Gasteiger partial charge in [0.25, 0.3) is 0 Å². The van der Waals surface area contributed by atoms with E-state index >= 15 is 0 Å². The quantitative estimate of drug-likeness (QED) is 0.318. The molecule has 0 fully saturated rings. The highest BCUT2D eigenvalue weighted by atomic mass is 16.3. The Bertz CT molecular complexity index is 1200. The van der Waals surface area contributed by atoms with Crippen molar-refractivity contribution < 1.29 is 9.90 Å². The lowest BCUT2D eigenvalue weighted by molar-refractivity contribution is -0.114. The maximum Gasteiger partial charge on any atom is 0.250 e. The Morgan fingerprint density at radius 2 is 2.03 bits per heavy atom. The normalized spacial score (nSPS) is 10.1. The highest BCUT2D eigenvalue weighted by Crippen LogP contribution is 2.24. The van der Waals surface area contributed by atoms with Gasteiger partial charge in [-0.3, -0.25) is 10.2 Å². The zero-order chi connectivity index (χ0) is 23.1. The minimum absolute atomic E-state index is 0.0100. The van der Waals surface area contributed by atoms with Crippen LogP contribution in [0.15, 0.2) is 67.5 Å². The Kier molecular flexibility index (Phi) is 6.78. The molecule has 3 rings (SSSR count). The van der Waals surface area contributed by atoms with Crippen molar-refractivity contribution in [3.05, 3.63) is 84.2 Å². The molecule has 160 valence electrons. The number of aromatic nitrogens is 2. The molecule has 0 bridgehead atoms. The first kappa shape index (κ1) is 22.0. The van der Waals surface area contributed by atoms with Crippen LogP contribution in [0.4, 0.5) is 17.3 Å². The summed E-state index contributed by atoms with van der Waals surface area (Å²) in [5.74, 6) is -0.0248. The van der Waals surface area contributed by atoms with Gasteiger partial charge in [0.2, 0.25) is 5.91 Å². The number of aromatic hydroxyl groups is 1. The van der Waals surface area contributed by atoms with Gasteiger partial charge in [0.1, 0.15) is 29.8 Å².